The predicted octanol–water partition coefficient (Wildman–Crippen LogP) is 4.96. The number of carbonyl (C=O) groups is 1. The summed E-state index contributed by atoms with van der Waals surface area (Å²) in [6.07, 6.45) is 8.85. The largest absolute Gasteiger partial charge is 0.381 e. The summed E-state index contributed by atoms with van der Waals surface area (Å²) < 4.78 is 7.54. The Kier molecular flexibility index (Phi) is 8.34. The molecular weight excluding hydrogens is 464 g/mol. The zero-order valence-corrected chi connectivity index (χ0v) is 22.3. The van der Waals surface area contributed by atoms with E-state index in [0.29, 0.717) is 5.91 Å². The number of amides is 1. The van der Waals surface area contributed by atoms with Gasteiger partial charge in [-0.3, -0.25) is 4.79 Å². The van der Waals surface area contributed by atoms with Crippen molar-refractivity contribution in [2.75, 3.05) is 44.3 Å². The van der Waals surface area contributed by atoms with Crippen LogP contribution in [0.1, 0.15) is 70.5 Å². The number of unbranched alkanes of at least 4 members (excludes halogenated alkanes) is 1. The molecule has 1 atom stereocenters. The third-order valence-corrected chi connectivity index (χ3v) is 7.87. The molecule has 0 bridgehead atoms. The van der Waals surface area contributed by atoms with Gasteiger partial charge in [0.05, 0.1) is 17.3 Å². The molecule has 0 saturated carbocycles. The van der Waals surface area contributed by atoms with Gasteiger partial charge in [-0.2, -0.15) is 5.10 Å². The van der Waals surface area contributed by atoms with Gasteiger partial charge in [-0.1, -0.05) is 44.9 Å². The van der Waals surface area contributed by atoms with Crippen LogP contribution in [0.15, 0.2) is 36.5 Å². The zero-order valence-electron chi connectivity index (χ0n) is 22.3. The molecule has 0 N–H and O–H groups in total. The van der Waals surface area contributed by atoms with Crippen molar-refractivity contribution in [3.8, 4) is 5.69 Å². The molecule has 2 saturated heterocycles. The van der Waals surface area contributed by atoms with Crippen LogP contribution in [0.5, 0.6) is 0 Å². The van der Waals surface area contributed by atoms with Gasteiger partial charge in [0.2, 0.25) is 5.91 Å². The van der Waals surface area contributed by atoms with Gasteiger partial charge >= 0.3 is 0 Å². The number of benzene rings is 1. The van der Waals surface area contributed by atoms with E-state index in [1.54, 1.807) is 0 Å². The van der Waals surface area contributed by atoms with Crippen LogP contribution < -0.4 is 4.90 Å². The fraction of sp³-hybridized carbons (Fsp3) is 0.586. The van der Waals surface area contributed by atoms with Crippen molar-refractivity contribution in [1.29, 1.82) is 0 Å². The normalized spacial score (nSPS) is 18.2. The summed E-state index contributed by atoms with van der Waals surface area (Å²) in [6.45, 7) is 9.00. The molecule has 0 radical (unpaired) electrons. The lowest BCUT2D eigenvalue weighted by Crippen LogP contribution is -2.39. The van der Waals surface area contributed by atoms with E-state index in [0.717, 1.165) is 113 Å². The summed E-state index contributed by atoms with van der Waals surface area (Å²) in [5.41, 5.74) is 1.84. The van der Waals surface area contributed by atoms with E-state index >= 15 is 0 Å². The molecule has 8 nitrogen and oxygen atoms in total. The van der Waals surface area contributed by atoms with Crippen molar-refractivity contribution in [3.05, 3.63) is 42.4 Å². The lowest BCUT2D eigenvalue weighted by Gasteiger charge is -2.27. The van der Waals surface area contributed by atoms with Crippen LogP contribution >= 0.6 is 0 Å². The Bertz CT molecular complexity index is 1170. The first-order valence-corrected chi connectivity index (χ1v) is 14.1. The Morgan fingerprint density at radius 3 is 2.62 bits per heavy atom. The minimum atomic E-state index is 0.140. The second-order valence-corrected chi connectivity index (χ2v) is 10.3. The van der Waals surface area contributed by atoms with Crippen LogP contribution in [0, 0.1) is 5.92 Å². The maximum Gasteiger partial charge on any atom is 0.225 e. The number of ether oxygens (including phenoxy) is 1. The third-order valence-electron chi connectivity index (χ3n) is 7.87. The topological polar surface area (TPSA) is 76.4 Å². The number of fused-ring (bicyclic) bond motifs is 1. The quantitative estimate of drug-likeness (QED) is 0.431. The molecule has 3 aromatic rings. The highest BCUT2D eigenvalue weighted by molar-refractivity contribution is 5.88. The van der Waals surface area contributed by atoms with E-state index in [1.807, 2.05) is 29.1 Å². The van der Waals surface area contributed by atoms with E-state index in [-0.39, 0.29) is 11.8 Å². The molecule has 2 aliphatic heterocycles. The lowest BCUT2D eigenvalue weighted by molar-refractivity contribution is -0.135. The number of hydrogen-bond acceptors (Lipinski definition) is 6. The molecule has 1 amide bonds. The summed E-state index contributed by atoms with van der Waals surface area (Å²) >= 11 is 0. The van der Waals surface area contributed by atoms with Crippen molar-refractivity contribution in [3.63, 3.8) is 0 Å². The van der Waals surface area contributed by atoms with Gasteiger partial charge in [-0.15, -0.1) is 0 Å². The second-order valence-electron chi connectivity index (χ2n) is 10.3. The van der Waals surface area contributed by atoms with Crippen LogP contribution in [0.25, 0.3) is 16.7 Å². The van der Waals surface area contributed by atoms with Crippen molar-refractivity contribution in [2.45, 2.75) is 64.7 Å². The minimum Gasteiger partial charge on any atom is -0.381 e. The minimum absolute atomic E-state index is 0.140. The van der Waals surface area contributed by atoms with Crippen molar-refractivity contribution >= 4 is 22.8 Å². The van der Waals surface area contributed by atoms with Gasteiger partial charge in [-0.25, -0.2) is 14.6 Å². The molecule has 37 heavy (non-hydrogen) atoms. The number of aromatic nitrogens is 4. The number of para-hydroxylation sites is 1. The smallest absolute Gasteiger partial charge is 0.225 e. The standard InChI is InChI=1S/C29H40N6O2/c1-3-5-10-22(4-2)29(36)34-16-9-15-33(17-18-34)27-25-21-30-35(24-11-7-6-8-12-24)28(25)32-26(31-27)23-13-19-37-20-14-23/h6-8,11-12,21-23H,3-5,9-10,13-20H2,1-2H3/t22-/m1/s1. The number of nitrogens with zero attached hydrogens (tertiary/aromatic N) is 6. The zero-order chi connectivity index (χ0) is 25.6. The fourth-order valence-corrected chi connectivity index (χ4v) is 5.61. The van der Waals surface area contributed by atoms with Crippen molar-refractivity contribution in [2.24, 2.45) is 5.92 Å². The van der Waals surface area contributed by atoms with Crippen LogP contribution in [0.3, 0.4) is 0 Å². The van der Waals surface area contributed by atoms with Gasteiger partial charge in [0.1, 0.15) is 11.6 Å². The Hall–Kier alpha value is -3.00. The molecule has 4 heterocycles. The van der Waals surface area contributed by atoms with E-state index in [1.165, 1.54) is 0 Å². The molecule has 2 aromatic heterocycles. The van der Waals surface area contributed by atoms with E-state index in [2.05, 4.69) is 35.8 Å². The highest BCUT2D eigenvalue weighted by Gasteiger charge is 2.28. The first kappa shape index (κ1) is 25.6. The summed E-state index contributed by atoms with van der Waals surface area (Å²) in [5.74, 6) is 2.57. The van der Waals surface area contributed by atoms with Crippen LogP contribution in [0.4, 0.5) is 5.82 Å². The Balaban J connectivity index is 1.45. The second kappa shape index (κ2) is 12.0. The maximum atomic E-state index is 13.3. The number of anilines is 1. The van der Waals surface area contributed by atoms with Crippen LogP contribution in [-0.2, 0) is 9.53 Å². The van der Waals surface area contributed by atoms with Crippen molar-refractivity contribution < 1.29 is 9.53 Å². The van der Waals surface area contributed by atoms with Crippen molar-refractivity contribution in [1.82, 2.24) is 24.6 Å². The van der Waals surface area contributed by atoms with E-state index < -0.39 is 0 Å². The molecule has 2 aliphatic rings. The molecule has 198 valence electrons. The summed E-state index contributed by atoms with van der Waals surface area (Å²) in [4.78, 5) is 28.0. The SMILES string of the molecule is CCCC[C@@H](CC)C(=O)N1CCCN(c2nc(C3CCOCC3)nc3c2cnn3-c2ccccc2)CC1. The molecule has 0 spiro atoms. The first-order chi connectivity index (χ1) is 18.2. The van der Waals surface area contributed by atoms with Gasteiger partial charge in [0.25, 0.3) is 0 Å². The Morgan fingerprint density at radius 2 is 1.86 bits per heavy atom. The van der Waals surface area contributed by atoms with E-state index in [9.17, 15) is 4.79 Å². The Labute approximate surface area is 220 Å². The summed E-state index contributed by atoms with van der Waals surface area (Å²) in [6, 6.07) is 10.2. The monoisotopic (exact) mass is 504 g/mol. The lowest BCUT2D eigenvalue weighted by atomic mass is 9.97. The molecular formula is C29H40N6O2. The Morgan fingerprint density at radius 1 is 1.05 bits per heavy atom. The number of hydrogen-bond donors (Lipinski definition) is 0. The number of rotatable bonds is 8. The molecule has 5 rings (SSSR count). The van der Waals surface area contributed by atoms with E-state index in [4.69, 9.17) is 19.8 Å². The summed E-state index contributed by atoms with van der Waals surface area (Å²) in [5, 5.41) is 5.70. The van der Waals surface area contributed by atoms with Gasteiger partial charge in [0.15, 0.2) is 5.65 Å². The molecule has 0 unspecified atom stereocenters. The molecule has 0 aliphatic carbocycles. The average molecular weight is 505 g/mol. The van der Waals surface area contributed by atoms with Gasteiger partial charge < -0.3 is 14.5 Å². The highest BCUT2D eigenvalue weighted by atomic mass is 16.5. The average Bonchev–Trinajstić information content (AvgIpc) is 3.23. The number of carbonyl (C=O) groups excluding carboxylic acids is 1. The maximum absolute atomic E-state index is 13.3. The molecule has 8 heteroatoms. The summed E-state index contributed by atoms with van der Waals surface area (Å²) in [7, 11) is 0. The fourth-order valence-electron chi connectivity index (χ4n) is 5.61. The predicted molar refractivity (Wildman–Crippen MR) is 146 cm³/mol. The van der Waals surface area contributed by atoms with Gasteiger partial charge in [0, 0.05) is 51.2 Å². The van der Waals surface area contributed by atoms with Crippen LogP contribution in [-0.4, -0.2) is 69.9 Å². The first-order valence-electron chi connectivity index (χ1n) is 14.1. The van der Waals surface area contributed by atoms with Crippen LogP contribution in [0.2, 0.25) is 0 Å². The molecule has 2 fully saturated rings. The highest BCUT2D eigenvalue weighted by Crippen LogP contribution is 2.32. The molecule has 1 aromatic carbocycles. The van der Waals surface area contributed by atoms with Gasteiger partial charge in [-0.05, 0) is 44.2 Å². The third kappa shape index (κ3) is 5.64.